The molecule has 0 radical (unpaired) electrons. The number of carbonyl (C=O) groups is 1. The molecule has 0 saturated heterocycles. The van der Waals surface area contributed by atoms with Gasteiger partial charge in [0.2, 0.25) is 5.91 Å². The average Bonchev–Trinajstić information content (AvgIpc) is 2.93. The van der Waals surface area contributed by atoms with E-state index in [0.717, 1.165) is 5.69 Å². The van der Waals surface area contributed by atoms with Gasteiger partial charge in [-0.2, -0.15) is 5.26 Å². The SMILES string of the molecule is C=CCN(C(=O)Cn1cnc(C#N)n1)c1ccccc1. The summed E-state index contributed by atoms with van der Waals surface area (Å²) in [5.41, 5.74) is 0.790. The number of aromatic nitrogens is 3. The first kappa shape index (κ1) is 13.5. The molecule has 0 N–H and O–H groups in total. The fourth-order valence-electron chi connectivity index (χ4n) is 1.73. The van der Waals surface area contributed by atoms with Crippen molar-refractivity contribution in [2.45, 2.75) is 6.54 Å². The van der Waals surface area contributed by atoms with Crippen molar-refractivity contribution in [3.63, 3.8) is 0 Å². The lowest BCUT2D eigenvalue weighted by molar-refractivity contribution is -0.119. The Morgan fingerprint density at radius 1 is 1.45 bits per heavy atom. The molecule has 100 valence electrons. The van der Waals surface area contributed by atoms with Crippen LogP contribution in [0.5, 0.6) is 0 Å². The van der Waals surface area contributed by atoms with Crippen molar-refractivity contribution in [2.75, 3.05) is 11.4 Å². The van der Waals surface area contributed by atoms with Crippen molar-refractivity contribution < 1.29 is 4.79 Å². The van der Waals surface area contributed by atoms with Gasteiger partial charge >= 0.3 is 0 Å². The molecule has 0 unspecified atom stereocenters. The highest BCUT2D eigenvalue weighted by molar-refractivity contribution is 5.93. The van der Waals surface area contributed by atoms with E-state index in [1.54, 1.807) is 11.0 Å². The van der Waals surface area contributed by atoms with Crippen LogP contribution in [-0.2, 0) is 11.3 Å². The van der Waals surface area contributed by atoms with Crippen LogP contribution < -0.4 is 4.90 Å². The summed E-state index contributed by atoms with van der Waals surface area (Å²) in [7, 11) is 0. The van der Waals surface area contributed by atoms with Gasteiger partial charge in [0.15, 0.2) is 0 Å². The summed E-state index contributed by atoms with van der Waals surface area (Å²) in [5, 5.41) is 12.5. The molecule has 0 aliphatic heterocycles. The first-order valence-corrected chi connectivity index (χ1v) is 6.00. The number of nitrogens with zero attached hydrogens (tertiary/aromatic N) is 5. The van der Waals surface area contributed by atoms with Crippen molar-refractivity contribution >= 4 is 11.6 Å². The maximum absolute atomic E-state index is 12.3. The van der Waals surface area contributed by atoms with Gasteiger partial charge in [-0.15, -0.1) is 11.7 Å². The maximum Gasteiger partial charge on any atom is 0.252 e. The second-order valence-corrected chi connectivity index (χ2v) is 4.01. The molecule has 0 aliphatic rings. The third-order valence-corrected chi connectivity index (χ3v) is 2.61. The highest BCUT2D eigenvalue weighted by Crippen LogP contribution is 2.13. The molecule has 0 bridgehead atoms. The molecular weight excluding hydrogens is 254 g/mol. The molecular formula is C14H13N5O. The Kier molecular flexibility index (Phi) is 4.24. The van der Waals surface area contributed by atoms with E-state index in [1.807, 2.05) is 36.4 Å². The summed E-state index contributed by atoms with van der Waals surface area (Å²) in [5.74, 6) is -0.0988. The lowest BCUT2D eigenvalue weighted by Crippen LogP contribution is -2.34. The molecule has 0 aliphatic carbocycles. The third kappa shape index (κ3) is 3.09. The van der Waals surface area contributed by atoms with Crippen molar-refractivity contribution in [3.05, 3.63) is 55.1 Å². The number of anilines is 1. The number of hydrogen-bond donors (Lipinski definition) is 0. The van der Waals surface area contributed by atoms with E-state index in [0.29, 0.717) is 6.54 Å². The fourth-order valence-corrected chi connectivity index (χ4v) is 1.73. The first-order valence-electron chi connectivity index (χ1n) is 6.00. The van der Waals surface area contributed by atoms with Crippen molar-refractivity contribution in [2.24, 2.45) is 0 Å². The van der Waals surface area contributed by atoms with E-state index >= 15 is 0 Å². The highest BCUT2D eigenvalue weighted by Gasteiger charge is 2.15. The van der Waals surface area contributed by atoms with Crippen LogP contribution in [0.4, 0.5) is 5.69 Å². The molecule has 0 saturated carbocycles. The van der Waals surface area contributed by atoms with Crippen LogP contribution in [0.3, 0.4) is 0 Å². The summed E-state index contributed by atoms with van der Waals surface area (Å²) in [6, 6.07) is 11.1. The zero-order valence-corrected chi connectivity index (χ0v) is 10.8. The number of benzene rings is 1. The molecule has 0 atom stereocenters. The number of rotatable bonds is 5. The number of hydrogen-bond acceptors (Lipinski definition) is 4. The maximum atomic E-state index is 12.3. The molecule has 1 amide bonds. The van der Waals surface area contributed by atoms with Gasteiger partial charge in [-0.1, -0.05) is 24.3 Å². The molecule has 2 rings (SSSR count). The Morgan fingerprint density at radius 3 is 2.80 bits per heavy atom. The largest absolute Gasteiger partial charge is 0.307 e. The molecule has 6 heteroatoms. The number of amides is 1. The normalized spacial score (nSPS) is 9.75. The molecule has 0 spiro atoms. The molecule has 0 fully saturated rings. The van der Waals surface area contributed by atoms with Crippen LogP contribution in [-0.4, -0.2) is 27.2 Å². The van der Waals surface area contributed by atoms with Gasteiger partial charge < -0.3 is 4.90 Å². The van der Waals surface area contributed by atoms with Gasteiger partial charge in [0.05, 0.1) is 0 Å². The van der Waals surface area contributed by atoms with Crippen molar-refractivity contribution in [1.82, 2.24) is 14.8 Å². The Bertz CT molecular complexity index is 641. The van der Waals surface area contributed by atoms with Crippen LogP contribution in [0.25, 0.3) is 0 Å². The van der Waals surface area contributed by atoms with Gasteiger partial charge in [0, 0.05) is 12.2 Å². The van der Waals surface area contributed by atoms with E-state index in [9.17, 15) is 4.79 Å². The lowest BCUT2D eigenvalue weighted by atomic mass is 10.2. The summed E-state index contributed by atoms with van der Waals surface area (Å²) in [4.78, 5) is 17.7. The predicted molar refractivity (Wildman–Crippen MR) is 73.7 cm³/mol. The Hall–Kier alpha value is -2.94. The predicted octanol–water partition coefficient (Wildman–Crippen LogP) is 1.37. The van der Waals surface area contributed by atoms with E-state index < -0.39 is 0 Å². The summed E-state index contributed by atoms with van der Waals surface area (Å²) >= 11 is 0. The number of carbonyl (C=O) groups excluding carboxylic acids is 1. The van der Waals surface area contributed by atoms with Gasteiger partial charge in [0.25, 0.3) is 5.82 Å². The second-order valence-electron chi connectivity index (χ2n) is 4.01. The summed E-state index contributed by atoms with van der Waals surface area (Å²) in [6.07, 6.45) is 3.03. The van der Waals surface area contributed by atoms with E-state index in [-0.39, 0.29) is 18.3 Å². The van der Waals surface area contributed by atoms with Gasteiger partial charge in [-0.25, -0.2) is 9.67 Å². The lowest BCUT2D eigenvalue weighted by Gasteiger charge is -2.21. The Labute approximate surface area is 116 Å². The van der Waals surface area contributed by atoms with Crippen molar-refractivity contribution in [1.29, 1.82) is 5.26 Å². The molecule has 20 heavy (non-hydrogen) atoms. The van der Waals surface area contributed by atoms with E-state index in [2.05, 4.69) is 16.7 Å². The third-order valence-electron chi connectivity index (χ3n) is 2.61. The topological polar surface area (TPSA) is 74.8 Å². The van der Waals surface area contributed by atoms with Crippen LogP contribution in [0, 0.1) is 11.3 Å². The van der Waals surface area contributed by atoms with Gasteiger partial charge in [-0.3, -0.25) is 4.79 Å². The molecule has 2 aromatic rings. The highest BCUT2D eigenvalue weighted by atomic mass is 16.2. The zero-order valence-electron chi connectivity index (χ0n) is 10.8. The van der Waals surface area contributed by atoms with Crippen LogP contribution in [0.15, 0.2) is 49.3 Å². The van der Waals surface area contributed by atoms with Crippen LogP contribution in [0.1, 0.15) is 5.82 Å². The van der Waals surface area contributed by atoms with E-state index in [1.165, 1.54) is 11.0 Å². The fraction of sp³-hybridized carbons (Fsp3) is 0.143. The van der Waals surface area contributed by atoms with Gasteiger partial charge in [-0.05, 0) is 12.1 Å². The van der Waals surface area contributed by atoms with Gasteiger partial charge in [0.1, 0.15) is 18.9 Å². The van der Waals surface area contributed by atoms with E-state index in [4.69, 9.17) is 5.26 Å². The minimum Gasteiger partial charge on any atom is -0.307 e. The minimum atomic E-state index is -0.148. The minimum absolute atomic E-state index is 0.0252. The standard InChI is InChI=1S/C14H13N5O/c1-2-8-19(12-6-4-3-5-7-12)14(20)10-18-11-16-13(9-15)17-18/h2-7,11H,1,8,10H2. The average molecular weight is 267 g/mol. The smallest absolute Gasteiger partial charge is 0.252 e. The first-order chi connectivity index (χ1) is 9.74. The Balaban J connectivity index is 2.15. The molecule has 6 nitrogen and oxygen atoms in total. The monoisotopic (exact) mass is 267 g/mol. The summed E-state index contributed by atoms with van der Waals surface area (Å²) < 4.78 is 1.35. The molecule has 1 heterocycles. The molecule has 1 aromatic carbocycles. The molecule has 1 aromatic heterocycles. The Morgan fingerprint density at radius 2 is 2.20 bits per heavy atom. The number of para-hydroxylation sites is 1. The zero-order chi connectivity index (χ0) is 14.4. The number of nitriles is 1. The van der Waals surface area contributed by atoms with Crippen LogP contribution >= 0.6 is 0 Å². The second kappa shape index (κ2) is 6.29. The van der Waals surface area contributed by atoms with Crippen LogP contribution in [0.2, 0.25) is 0 Å². The summed E-state index contributed by atoms with van der Waals surface area (Å²) in [6.45, 7) is 4.09. The quantitative estimate of drug-likeness (QED) is 0.767. The van der Waals surface area contributed by atoms with Crippen molar-refractivity contribution in [3.8, 4) is 6.07 Å².